The molecule has 0 radical (unpaired) electrons. The van der Waals surface area contributed by atoms with Crippen molar-refractivity contribution in [3.05, 3.63) is 12.7 Å². The molecule has 3 rings (SSSR count). The predicted octanol–water partition coefficient (Wildman–Crippen LogP) is -0.0762. The first-order valence-electron chi connectivity index (χ1n) is 9.57. The Hall–Kier alpha value is -5.17. The Kier molecular flexibility index (Phi) is 14.0. The zero-order valence-electron chi connectivity index (χ0n) is 18.9. The maximum Gasteiger partial charge on any atom is 0.167 e. The van der Waals surface area contributed by atoms with Crippen molar-refractivity contribution in [3.63, 3.8) is 0 Å². The Balaban J connectivity index is -0.000000175. The van der Waals surface area contributed by atoms with Gasteiger partial charge in [0.15, 0.2) is 17.7 Å². The van der Waals surface area contributed by atoms with E-state index >= 15 is 0 Å². The average molecular weight is 537 g/mol. The van der Waals surface area contributed by atoms with Crippen molar-refractivity contribution >= 4 is 17.0 Å². The molecule has 1 aliphatic heterocycles. The minimum Gasteiger partial charge on any atom is -0.394 e. The monoisotopic (exact) mass is 536 g/mol. The van der Waals surface area contributed by atoms with E-state index in [4.69, 9.17) is 44.5 Å². The zero-order chi connectivity index (χ0) is 28.3. The van der Waals surface area contributed by atoms with E-state index in [1.54, 1.807) is 0 Å². The standard InChI is InChI=1S/C10H13N5O4.C10H2.H3N5O4.5H2/c11-8-5-9(13-2-12-8)15(3-14-5)10-7(18)6(17)4(1-16)19-10;1-3-5-7-9-10-8-6-4-2;1-2-3-4-5(8-6)9-7;;;;;/h2-4,6-7,10,16-18H,1H2,(H2,11,12,13);1-2H;1,6-7H;5*1H/b;;2-1?,4-3+;;;;;/t4-,6+,7?,10-;;;;;;;/m1......./s1. The molecule has 0 saturated carbocycles. The molecule has 0 amide bonds. The van der Waals surface area contributed by atoms with Crippen LogP contribution in [-0.4, -0.2) is 75.6 Å². The molecule has 0 spiro atoms. The first kappa shape index (κ1) is 30.9. The van der Waals surface area contributed by atoms with Crippen molar-refractivity contribution in [3.8, 4) is 60.2 Å². The van der Waals surface area contributed by atoms with Gasteiger partial charge in [-0.3, -0.25) is 4.57 Å². The maximum atomic E-state index is 9.95. The summed E-state index contributed by atoms with van der Waals surface area (Å²) in [6, 6.07) is 0. The van der Waals surface area contributed by atoms with Crippen molar-refractivity contribution in [2.24, 2.45) is 15.7 Å². The quantitative estimate of drug-likeness (QED) is 0.110. The number of terminal acetylenes is 2. The number of ether oxygens (including phenoxy) is 1. The van der Waals surface area contributed by atoms with Crippen LogP contribution in [0.3, 0.4) is 0 Å². The van der Waals surface area contributed by atoms with E-state index in [2.05, 4.69) is 88.0 Å². The van der Waals surface area contributed by atoms with Gasteiger partial charge in [0.05, 0.1) is 18.3 Å². The van der Waals surface area contributed by atoms with Gasteiger partial charge in [-0.25, -0.2) is 25.5 Å². The highest BCUT2D eigenvalue weighted by Crippen LogP contribution is 2.31. The van der Waals surface area contributed by atoms with E-state index in [1.165, 1.54) is 17.2 Å². The highest BCUT2D eigenvalue weighted by atomic mass is 17.4. The molecule has 18 nitrogen and oxygen atoms in total. The fourth-order valence-electron chi connectivity index (χ4n) is 2.46. The van der Waals surface area contributed by atoms with Crippen LogP contribution in [0, 0.1) is 65.7 Å². The van der Waals surface area contributed by atoms with Crippen LogP contribution in [0.2, 0.25) is 0 Å². The molecule has 8 N–H and O–H groups in total. The lowest BCUT2D eigenvalue weighted by molar-refractivity contribution is -0.587. The predicted molar refractivity (Wildman–Crippen MR) is 134 cm³/mol. The summed E-state index contributed by atoms with van der Waals surface area (Å²) in [6.07, 6.45) is 8.20. The summed E-state index contributed by atoms with van der Waals surface area (Å²) < 4.78 is 6.85. The molecule has 2 aromatic rings. The fourth-order valence-corrected chi connectivity index (χ4v) is 2.46. The van der Waals surface area contributed by atoms with Gasteiger partial charge in [0.2, 0.25) is 0 Å². The minimum absolute atomic E-state index is 0. The van der Waals surface area contributed by atoms with E-state index in [0.29, 0.717) is 11.2 Å². The molecule has 0 aromatic carbocycles. The number of hydrogen-bond acceptors (Lipinski definition) is 14. The molecular formula is C20H28N10O8. The van der Waals surface area contributed by atoms with E-state index in [-0.39, 0.29) is 18.3 Å². The van der Waals surface area contributed by atoms with Crippen molar-refractivity contribution in [2.45, 2.75) is 24.5 Å². The first-order valence-corrected chi connectivity index (χ1v) is 9.57. The van der Waals surface area contributed by atoms with Crippen LogP contribution in [-0.2, 0) is 14.7 Å². The number of fused-ring (bicyclic) bond motifs is 1. The van der Waals surface area contributed by atoms with Crippen LogP contribution in [0.15, 0.2) is 28.3 Å². The number of anilines is 1. The molecule has 4 atom stereocenters. The molecule has 1 aliphatic rings. The van der Waals surface area contributed by atoms with Crippen LogP contribution in [0.1, 0.15) is 13.4 Å². The van der Waals surface area contributed by atoms with Crippen molar-refractivity contribution in [1.82, 2.24) is 24.9 Å². The highest BCUT2D eigenvalue weighted by Gasteiger charge is 2.43. The number of nitrogen functional groups attached to an aromatic ring is 1. The SMILES string of the molecule is C#CC#CC#CC#CC#C.N=N/N=N/N(OO)OO.Nc1ncnc2c1ncn2[C@@H]1O[C@H](CO)[C@H](O)C1O.[HH].[HH].[HH].[HH].[HH]. The van der Waals surface area contributed by atoms with E-state index in [1.807, 2.05) is 0 Å². The highest BCUT2D eigenvalue weighted by molar-refractivity contribution is 5.81. The van der Waals surface area contributed by atoms with Crippen LogP contribution < -0.4 is 5.73 Å². The van der Waals surface area contributed by atoms with Crippen molar-refractivity contribution < 1.29 is 47.7 Å². The molecule has 2 aromatic heterocycles. The summed E-state index contributed by atoms with van der Waals surface area (Å²) in [4.78, 5) is 18.2. The van der Waals surface area contributed by atoms with Gasteiger partial charge in [-0.05, 0) is 57.8 Å². The van der Waals surface area contributed by atoms with Gasteiger partial charge < -0.3 is 25.8 Å². The number of nitrogens with one attached hydrogen (secondary N) is 1. The zero-order valence-corrected chi connectivity index (χ0v) is 18.9. The number of aliphatic hydroxyl groups is 3. The van der Waals surface area contributed by atoms with E-state index in [9.17, 15) is 10.2 Å². The van der Waals surface area contributed by atoms with Crippen molar-refractivity contribution in [2.75, 3.05) is 12.3 Å². The van der Waals surface area contributed by atoms with E-state index < -0.39 is 31.1 Å². The molecule has 38 heavy (non-hydrogen) atoms. The lowest BCUT2D eigenvalue weighted by Crippen LogP contribution is -2.33. The number of nitrogens with two attached hydrogens (primary N) is 1. The van der Waals surface area contributed by atoms with Crippen LogP contribution in [0.5, 0.6) is 0 Å². The molecule has 1 unspecified atom stereocenters. The Morgan fingerprint density at radius 2 is 1.68 bits per heavy atom. The third kappa shape index (κ3) is 9.13. The number of imidazole rings is 1. The molecule has 1 saturated heterocycles. The maximum absolute atomic E-state index is 9.95. The summed E-state index contributed by atoms with van der Waals surface area (Å²) >= 11 is 0. The third-order valence-corrected chi connectivity index (χ3v) is 3.93. The Morgan fingerprint density at radius 1 is 1.08 bits per heavy atom. The second-order valence-electron chi connectivity index (χ2n) is 6.03. The van der Waals surface area contributed by atoms with Gasteiger partial charge in [0.25, 0.3) is 0 Å². The molecule has 206 valence electrons. The first-order chi connectivity index (χ1) is 18.4. The van der Waals surface area contributed by atoms with Gasteiger partial charge in [0.1, 0.15) is 30.2 Å². The Morgan fingerprint density at radius 3 is 2.18 bits per heavy atom. The lowest BCUT2D eigenvalue weighted by atomic mass is 10.1. The molecular weight excluding hydrogens is 508 g/mol. The van der Waals surface area contributed by atoms with Gasteiger partial charge in [-0.15, -0.1) is 12.8 Å². The number of aromatic nitrogens is 4. The topological polar surface area (TPSA) is 263 Å². The van der Waals surface area contributed by atoms with Gasteiger partial charge >= 0.3 is 0 Å². The summed E-state index contributed by atoms with van der Waals surface area (Å²) in [7, 11) is 0. The number of aliphatic hydroxyl groups excluding tert-OH is 3. The normalized spacial score (nSPS) is 18.8. The van der Waals surface area contributed by atoms with Gasteiger partial charge in [-0.2, -0.15) is 5.53 Å². The van der Waals surface area contributed by atoms with Gasteiger partial charge in [0, 0.05) is 12.4 Å². The smallest absolute Gasteiger partial charge is 0.167 e. The number of nitrogens with zero attached hydrogens (tertiary/aromatic N) is 8. The largest absolute Gasteiger partial charge is 0.394 e. The molecule has 1 fully saturated rings. The van der Waals surface area contributed by atoms with E-state index in [0.717, 1.165) is 0 Å². The molecule has 0 aliphatic carbocycles. The van der Waals surface area contributed by atoms with Crippen LogP contribution >= 0.6 is 0 Å². The molecule has 18 heteroatoms. The van der Waals surface area contributed by atoms with Crippen LogP contribution in [0.25, 0.3) is 11.2 Å². The summed E-state index contributed by atoms with van der Waals surface area (Å²) in [5, 5.41) is 51.4. The summed E-state index contributed by atoms with van der Waals surface area (Å²) in [5.41, 5.74) is 12.5. The fraction of sp³-hybridized carbons (Fsp3) is 0.250. The average Bonchev–Trinajstić information content (AvgIpc) is 3.49. The Bertz CT molecular complexity index is 1350. The summed E-state index contributed by atoms with van der Waals surface area (Å²) in [5.74, 6) is 18.6. The second-order valence-corrected chi connectivity index (χ2v) is 6.03. The Labute approximate surface area is 221 Å². The minimum atomic E-state index is -1.19. The van der Waals surface area contributed by atoms with Gasteiger partial charge in [-0.1, -0.05) is 9.98 Å². The molecule has 0 bridgehead atoms. The lowest BCUT2D eigenvalue weighted by Gasteiger charge is -2.16. The number of hydrogen-bond donors (Lipinski definition) is 7. The molecule has 3 heterocycles. The van der Waals surface area contributed by atoms with Crippen LogP contribution in [0.4, 0.5) is 5.82 Å². The summed E-state index contributed by atoms with van der Waals surface area (Å²) in [6.45, 7) is -0.390. The second kappa shape index (κ2) is 17.3. The third-order valence-electron chi connectivity index (χ3n) is 3.93. The van der Waals surface area contributed by atoms with Crippen molar-refractivity contribution in [1.29, 1.82) is 5.53 Å². The number of rotatable bonds is 6.